The molecule has 0 radical (unpaired) electrons. The van der Waals surface area contributed by atoms with Crippen LogP contribution in [0.15, 0.2) is 0 Å². The van der Waals surface area contributed by atoms with Crippen molar-refractivity contribution in [1.82, 2.24) is 5.32 Å². The van der Waals surface area contributed by atoms with Gasteiger partial charge in [0.2, 0.25) is 5.91 Å². The van der Waals surface area contributed by atoms with Crippen LogP contribution >= 0.6 is 0 Å². The highest BCUT2D eigenvalue weighted by Gasteiger charge is 2.49. The third-order valence-electron chi connectivity index (χ3n) is 3.99. The van der Waals surface area contributed by atoms with Gasteiger partial charge in [-0.15, -0.1) is 0 Å². The maximum Gasteiger partial charge on any atom is 0.309 e. The zero-order valence-electron chi connectivity index (χ0n) is 10.6. The highest BCUT2D eigenvalue weighted by Crippen LogP contribution is 2.39. The fraction of sp³-hybridized carbons (Fsp3) is 0.846. The average Bonchev–Trinajstić information content (AvgIpc) is 3.11. The molecular weight excluding hydrogens is 218 g/mol. The average molecular weight is 239 g/mol. The van der Waals surface area contributed by atoms with Gasteiger partial charge in [-0.25, -0.2) is 0 Å². The highest BCUT2D eigenvalue weighted by molar-refractivity contribution is 5.90. The highest BCUT2D eigenvalue weighted by atomic mass is 16.5. The number of amides is 1. The molecule has 2 aliphatic carbocycles. The fourth-order valence-electron chi connectivity index (χ4n) is 2.61. The summed E-state index contributed by atoms with van der Waals surface area (Å²) < 4.78 is 4.64. The molecule has 0 aromatic carbocycles. The van der Waals surface area contributed by atoms with Crippen molar-refractivity contribution in [1.29, 1.82) is 0 Å². The topological polar surface area (TPSA) is 55.4 Å². The number of hydrogen-bond acceptors (Lipinski definition) is 3. The Hall–Kier alpha value is -1.06. The summed E-state index contributed by atoms with van der Waals surface area (Å²) in [6.45, 7) is 2.26. The molecule has 1 N–H and O–H groups in total. The number of carbonyl (C=O) groups is 2. The Bertz CT molecular complexity index is 308. The van der Waals surface area contributed by atoms with E-state index in [-0.39, 0.29) is 23.7 Å². The number of hydrogen-bond donors (Lipinski definition) is 1. The van der Waals surface area contributed by atoms with E-state index in [4.69, 9.17) is 0 Å². The molecule has 4 nitrogen and oxygen atoms in total. The summed E-state index contributed by atoms with van der Waals surface area (Å²) in [5, 5.41) is 3.06. The van der Waals surface area contributed by atoms with Gasteiger partial charge in [-0.1, -0.05) is 6.92 Å². The molecule has 1 amide bonds. The lowest BCUT2D eigenvalue weighted by Crippen LogP contribution is -2.38. The van der Waals surface area contributed by atoms with Gasteiger partial charge in [0, 0.05) is 6.04 Å². The van der Waals surface area contributed by atoms with Crippen molar-refractivity contribution in [3.63, 3.8) is 0 Å². The molecule has 2 saturated carbocycles. The minimum absolute atomic E-state index is 0.0416. The van der Waals surface area contributed by atoms with Gasteiger partial charge in [0.15, 0.2) is 0 Å². The van der Waals surface area contributed by atoms with Gasteiger partial charge in [0.25, 0.3) is 0 Å². The van der Waals surface area contributed by atoms with Crippen molar-refractivity contribution in [3.05, 3.63) is 0 Å². The molecule has 0 aromatic rings. The molecule has 4 heteroatoms. The Balaban J connectivity index is 1.74. The van der Waals surface area contributed by atoms with Gasteiger partial charge in [0.1, 0.15) is 0 Å². The summed E-state index contributed by atoms with van der Waals surface area (Å²) in [6.07, 6.45) is 5.18. The van der Waals surface area contributed by atoms with Gasteiger partial charge in [-0.3, -0.25) is 9.59 Å². The normalized spacial score (nSPS) is 36.1. The third-order valence-corrected chi connectivity index (χ3v) is 3.99. The van der Waals surface area contributed by atoms with Crippen LogP contribution in [0.3, 0.4) is 0 Å². The first-order chi connectivity index (χ1) is 8.11. The molecule has 0 spiro atoms. The first kappa shape index (κ1) is 12.4. The predicted octanol–water partition coefficient (Wildman–Crippen LogP) is 1.49. The largest absolute Gasteiger partial charge is 0.469 e. The van der Waals surface area contributed by atoms with Gasteiger partial charge < -0.3 is 10.1 Å². The lowest BCUT2D eigenvalue weighted by atomic mass is 9.87. The summed E-state index contributed by atoms with van der Waals surface area (Å²) in [5.41, 5.74) is 0. The maximum absolute atomic E-state index is 11.9. The molecule has 2 fully saturated rings. The van der Waals surface area contributed by atoms with E-state index in [1.807, 2.05) is 0 Å². The predicted molar refractivity (Wildman–Crippen MR) is 63.2 cm³/mol. The van der Waals surface area contributed by atoms with Gasteiger partial charge >= 0.3 is 5.97 Å². The zero-order valence-corrected chi connectivity index (χ0v) is 10.6. The number of esters is 1. The Morgan fingerprint density at radius 3 is 2.35 bits per heavy atom. The molecule has 2 aliphatic rings. The van der Waals surface area contributed by atoms with E-state index < -0.39 is 0 Å². The van der Waals surface area contributed by atoms with E-state index in [0.717, 1.165) is 18.8 Å². The monoisotopic (exact) mass is 239 g/mol. The molecule has 17 heavy (non-hydrogen) atoms. The molecule has 0 saturated heterocycles. The molecule has 2 rings (SSSR count). The standard InChI is InChI=1S/C13H21NO3/c1-8-3-5-9(6-4-8)14-12(15)10-7-11(10)13(16)17-2/h8-11H,3-7H2,1-2H3,(H,14,15)/t8?,9?,10-,11-/m1/s1. The van der Waals surface area contributed by atoms with Crippen LogP contribution in [0, 0.1) is 17.8 Å². The number of methoxy groups -OCH3 is 1. The van der Waals surface area contributed by atoms with E-state index in [2.05, 4.69) is 17.0 Å². The first-order valence-corrected chi connectivity index (χ1v) is 6.50. The molecule has 0 bridgehead atoms. The van der Waals surface area contributed by atoms with Crippen molar-refractivity contribution in [2.45, 2.75) is 45.1 Å². The number of rotatable bonds is 3. The first-order valence-electron chi connectivity index (χ1n) is 6.50. The second kappa shape index (κ2) is 5.07. The molecule has 0 unspecified atom stereocenters. The quantitative estimate of drug-likeness (QED) is 0.759. The SMILES string of the molecule is COC(=O)[C@@H]1C[C@H]1C(=O)NC1CCC(C)CC1. The van der Waals surface area contributed by atoms with Crippen LogP contribution in [0.1, 0.15) is 39.0 Å². The Labute approximate surface area is 102 Å². The van der Waals surface area contributed by atoms with E-state index in [1.165, 1.54) is 20.0 Å². The summed E-state index contributed by atoms with van der Waals surface area (Å²) in [5.74, 6) is 0.249. The third kappa shape index (κ3) is 2.99. The molecular formula is C13H21NO3. The van der Waals surface area contributed by atoms with Gasteiger partial charge in [-0.05, 0) is 38.0 Å². The lowest BCUT2D eigenvalue weighted by molar-refractivity contribution is -0.143. The van der Waals surface area contributed by atoms with E-state index in [0.29, 0.717) is 12.5 Å². The second-order valence-corrected chi connectivity index (χ2v) is 5.44. The molecule has 96 valence electrons. The molecule has 2 atom stereocenters. The fourth-order valence-corrected chi connectivity index (χ4v) is 2.61. The zero-order chi connectivity index (χ0) is 12.4. The smallest absolute Gasteiger partial charge is 0.309 e. The van der Waals surface area contributed by atoms with Crippen molar-refractivity contribution in [2.24, 2.45) is 17.8 Å². The van der Waals surface area contributed by atoms with E-state index in [9.17, 15) is 9.59 Å². The molecule has 0 aliphatic heterocycles. The summed E-state index contributed by atoms with van der Waals surface area (Å²) in [4.78, 5) is 23.1. The van der Waals surface area contributed by atoms with Crippen molar-refractivity contribution < 1.29 is 14.3 Å². The van der Waals surface area contributed by atoms with Crippen molar-refractivity contribution >= 4 is 11.9 Å². The summed E-state index contributed by atoms with van der Waals surface area (Å²) in [6, 6.07) is 0.317. The van der Waals surface area contributed by atoms with Crippen LogP contribution in [-0.2, 0) is 14.3 Å². The van der Waals surface area contributed by atoms with Crippen LogP contribution in [0.5, 0.6) is 0 Å². The minimum Gasteiger partial charge on any atom is -0.469 e. The molecule has 0 aromatic heterocycles. The van der Waals surface area contributed by atoms with Crippen molar-refractivity contribution in [2.75, 3.05) is 7.11 Å². The van der Waals surface area contributed by atoms with Crippen LogP contribution < -0.4 is 5.32 Å². The summed E-state index contributed by atoms with van der Waals surface area (Å²) >= 11 is 0. The maximum atomic E-state index is 11.9. The summed E-state index contributed by atoms with van der Waals surface area (Å²) in [7, 11) is 1.37. The Kier molecular flexibility index (Phi) is 3.69. The van der Waals surface area contributed by atoms with Crippen LogP contribution in [0.4, 0.5) is 0 Å². The van der Waals surface area contributed by atoms with Gasteiger partial charge in [0.05, 0.1) is 18.9 Å². The minimum atomic E-state index is -0.248. The number of nitrogens with one attached hydrogen (secondary N) is 1. The second-order valence-electron chi connectivity index (χ2n) is 5.44. The van der Waals surface area contributed by atoms with Crippen LogP contribution in [-0.4, -0.2) is 25.0 Å². The van der Waals surface area contributed by atoms with Crippen molar-refractivity contribution in [3.8, 4) is 0 Å². The van der Waals surface area contributed by atoms with E-state index in [1.54, 1.807) is 0 Å². The number of ether oxygens (including phenoxy) is 1. The van der Waals surface area contributed by atoms with E-state index >= 15 is 0 Å². The Morgan fingerprint density at radius 1 is 1.12 bits per heavy atom. The number of carbonyl (C=O) groups excluding carboxylic acids is 2. The lowest BCUT2D eigenvalue weighted by Gasteiger charge is -2.26. The Morgan fingerprint density at radius 2 is 1.76 bits per heavy atom. The molecule has 0 heterocycles. The van der Waals surface area contributed by atoms with Gasteiger partial charge in [-0.2, -0.15) is 0 Å². The van der Waals surface area contributed by atoms with Crippen LogP contribution in [0.2, 0.25) is 0 Å². The van der Waals surface area contributed by atoms with Crippen LogP contribution in [0.25, 0.3) is 0 Å².